The first-order valence-corrected chi connectivity index (χ1v) is 5.13. The standard InChI is InChI=1S/C11H26N2/c1-10(2,3)9(12)7-8-13-11(4,5)6/h9,13H,7-8,12H2,1-6H3. The molecule has 1 unspecified atom stereocenters. The summed E-state index contributed by atoms with van der Waals surface area (Å²) < 4.78 is 0. The number of nitrogens with two attached hydrogens (primary N) is 1. The van der Waals surface area contributed by atoms with Gasteiger partial charge in [0.15, 0.2) is 0 Å². The Balaban J connectivity index is 3.67. The summed E-state index contributed by atoms with van der Waals surface area (Å²) >= 11 is 0. The molecule has 2 nitrogen and oxygen atoms in total. The minimum atomic E-state index is 0.206. The molecule has 0 amide bonds. The zero-order chi connectivity index (χ0) is 10.7. The van der Waals surface area contributed by atoms with E-state index in [0.29, 0.717) is 0 Å². The highest BCUT2D eigenvalue weighted by molar-refractivity contribution is 4.79. The van der Waals surface area contributed by atoms with E-state index >= 15 is 0 Å². The second kappa shape index (κ2) is 4.43. The lowest BCUT2D eigenvalue weighted by atomic mass is 9.85. The van der Waals surface area contributed by atoms with Gasteiger partial charge in [-0.25, -0.2) is 0 Å². The van der Waals surface area contributed by atoms with Gasteiger partial charge in [0.2, 0.25) is 0 Å². The van der Waals surface area contributed by atoms with Crippen molar-refractivity contribution in [2.75, 3.05) is 6.54 Å². The first-order valence-electron chi connectivity index (χ1n) is 5.13. The maximum atomic E-state index is 6.04. The van der Waals surface area contributed by atoms with Gasteiger partial charge >= 0.3 is 0 Å². The predicted octanol–water partition coefficient (Wildman–Crippen LogP) is 2.14. The second-order valence-electron chi connectivity index (χ2n) is 5.94. The van der Waals surface area contributed by atoms with E-state index in [1.165, 1.54) is 0 Å². The van der Waals surface area contributed by atoms with Crippen molar-refractivity contribution < 1.29 is 0 Å². The quantitative estimate of drug-likeness (QED) is 0.708. The lowest BCUT2D eigenvalue weighted by molar-refractivity contribution is 0.292. The Morgan fingerprint density at radius 1 is 1.08 bits per heavy atom. The molecule has 0 saturated carbocycles. The van der Waals surface area contributed by atoms with Crippen LogP contribution in [0.4, 0.5) is 0 Å². The van der Waals surface area contributed by atoms with Gasteiger partial charge in [0.1, 0.15) is 0 Å². The van der Waals surface area contributed by atoms with Crippen LogP contribution in [0.15, 0.2) is 0 Å². The second-order valence-corrected chi connectivity index (χ2v) is 5.94. The molecule has 0 fully saturated rings. The first kappa shape index (κ1) is 12.9. The maximum absolute atomic E-state index is 6.04. The van der Waals surface area contributed by atoms with Gasteiger partial charge in [-0.2, -0.15) is 0 Å². The number of rotatable bonds is 3. The van der Waals surface area contributed by atoms with Crippen LogP contribution in [0, 0.1) is 5.41 Å². The minimum Gasteiger partial charge on any atom is -0.327 e. The van der Waals surface area contributed by atoms with Crippen LogP contribution < -0.4 is 11.1 Å². The lowest BCUT2D eigenvalue weighted by Gasteiger charge is -2.29. The van der Waals surface area contributed by atoms with Gasteiger partial charge in [0, 0.05) is 11.6 Å². The third-order valence-corrected chi connectivity index (χ3v) is 2.22. The SMILES string of the molecule is CC(C)(C)NCCC(N)C(C)(C)C. The predicted molar refractivity (Wildman–Crippen MR) is 59.8 cm³/mol. The smallest absolute Gasteiger partial charge is 0.00997 e. The van der Waals surface area contributed by atoms with Crippen LogP contribution in [0.5, 0.6) is 0 Å². The normalized spacial score (nSPS) is 15.9. The third kappa shape index (κ3) is 7.03. The first-order chi connectivity index (χ1) is 5.63. The molecule has 0 aromatic carbocycles. The van der Waals surface area contributed by atoms with Gasteiger partial charge in [-0.1, -0.05) is 20.8 Å². The monoisotopic (exact) mass is 186 g/mol. The fourth-order valence-corrected chi connectivity index (χ4v) is 1.04. The van der Waals surface area contributed by atoms with Crippen LogP contribution in [0.2, 0.25) is 0 Å². The van der Waals surface area contributed by atoms with Gasteiger partial charge in [-0.3, -0.25) is 0 Å². The Morgan fingerprint density at radius 2 is 1.54 bits per heavy atom. The Morgan fingerprint density at radius 3 is 1.85 bits per heavy atom. The molecule has 0 radical (unpaired) electrons. The van der Waals surface area contributed by atoms with Gasteiger partial charge < -0.3 is 11.1 Å². The Kier molecular flexibility index (Phi) is 4.40. The van der Waals surface area contributed by atoms with E-state index in [1.807, 2.05) is 0 Å². The number of nitrogens with one attached hydrogen (secondary N) is 1. The van der Waals surface area contributed by atoms with Crippen molar-refractivity contribution in [3.8, 4) is 0 Å². The lowest BCUT2D eigenvalue weighted by Crippen LogP contribution is -2.42. The van der Waals surface area contributed by atoms with Crippen molar-refractivity contribution in [3.63, 3.8) is 0 Å². The topological polar surface area (TPSA) is 38.0 Å². The molecule has 0 aromatic rings. The van der Waals surface area contributed by atoms with Crippen LogP contribution in [0.3, 0.4) is 0 Å². The van der Waals surface area contributed by atoms with E-state index in [2.05, 4.69) is 46.9 Å². The van der Waals surface area contributed by atoms with Crippen molar-refractivity contribution in [2.45, 2.75) is 59.5 Å². The average molecular weight is 186 g/mol. The van der Waals surface area contributed by atoms with Crippen molar-refractivity contribution in [3.05, 3.63) is 0 Å². The zero-order valence-corrected chi connectivity index (χ0v) is 10.1. The van der Waals surface area contributed by atoms with Crippen LogP contribution >= 0.6 is 0 Å². The van der Waals surface area contributed by atoms with Crippen molar-refractivity contribution in [1.29, 1.82) is 0 Å². The maximum Gasteiger partial charge on any atom is 0.00997 e. The Bertz CT molecular complexity index is 139. The fourth-order valence-electron chi connectivity index (χ4n) is 1.04. The molecule has 13 heavy (non-hydrogen) atoms. The molecule has 0 aromatic heterocycles. The summed E-state index contributed by atoms with van der Waals surface area (Å²) in [5, 5.41) is 3.44. The van der Waals surface area contributed by atoms with E-state index in [4.69, 9.17) is 5.73 Å². The third-order valence-electron chi connectivity index (χ3n) is 2.22. The van der Waals surface area contributed by atoms with E-state index in [1.54, 1.807) is 0 Å². The van der Waals surface area contributed by atoms with Crippen molar-refractivity contribution in [1.82, 2.24) is 5.32 Å². The summed E-state index contributed by atoms with van der Waals surface area (Å²) in [7, 11) is 0. The van der Waals surface area contributed by atoms with E-state index in [-0.39, 0.29) is 17.0 Å². The average Bonchev–Trinajstić information content (AvgIpc) is 1.82. The van der Waals surface area contributed by atoms with Crippen LogP contribution in [0.1, 0.15) is 48.0 Å². The van der Waals surface area contributed by atoms with Gasteiger partial charge in [0.25, 0.3) is 0 Å². The molecule has 0 heterocycles. The zero-order valence-electron chi connectivity index (χ0n) is 10.1. The molecule has 2 heteroatoms. The van der Waals surface area contributed by atoms with Gasteiger partial charge in [-0.05, 0) is 39.2 Å². The summed E-state index contributed by atoms with van der Waals surface area (Å²) in [4.78, 5) is 0. The summed E-state index contributed by atoms with van der Waals surface area (Å²) in [6, 6.07) is 0.280. The summed E-state index contributed by atoms with van der Waals surface area (Å²) in [6.07, 6.45) is 1.04. The number of hydrogen-bond acceptors (Lipinski definition) is 2. The van der Waals surface area contributed by atoms with E-state index in [9.17, 15) is 0 Å². The highest BCUT2D eigenvalue weighted by Crippen LogP contribution is 2.19. The molecule has 0 saturated heterocycles. The summed E-state index contributed by atoms with van der Waals surface area (Å²) in [5.41, 5.74) is 6.47. The molecule has 0 aliphatic rings. The van der Waals surface area contributed by atoms with E-state index in [0.717, 1.165) is 13.0 Å². The van der Waals surface area contributed by atoms with Crippen LogP contribution in [-0.4, -0.2) is 18.1 Å². The molecule has 80 valence electrons. The van der Waals surface area contributed by atoms with Gasteiger partial charge in [-0.15, -0.1) is 0 Å². The van der Waals surface area contributed by atoms with Crippen LogP contribution in [-0.2, 0) is 0 Å². The molecular weight excluding hydrogens is 160 g/mol. The largest absolute Gasteiger partial charge is 0.327 e. The molecule has 0 rings (SSSR count). The van der Waals surface area contributed by atoms with Crippen molar-refractivity contribution in [2.24, 2.45) is 11.1 Å². The van der Waals surface area contributed by atoms with Gasteiger partial charge in [0.05, 0.1) is 0 Å². The Hall–Kier alpha value is -0.0800. The summed E-state index contributed by atoms with van der Waals surface area (Å²) in [6.45, 7) is 14.1. The highest BCUT2D eigenvalue weighted by Gasteiger charge is 2.20. The van der Waals surface area contributed by atoms with Crippen molar-refractivity contribution >= 4 is 0 Å². The van der Waals surface area contributed by atoms with Crippen LogP contribution in [0.25, 0.3) is 0 Å². The summed E-state index contributed by atoms with van der Waals surface area (Å²) in [5.74, 6) is 0. The Labute approximate surface area is 83.3 Å². The minimum absolute atomic E-state index is 0.206. The fraction of sp³-hybridized carbons (Fsp3) is 1.00. The molecular formula is C11H26N2. The molecule has 3 N–H and O–H groups in total. The van der Waals surface area contributed by atoms with E-state index < -0.39 is 0 Å². The molecule has 0 aliphatic heterocycles. The molecule has 0 bridgehead atoms. The molecule has 1 atom stereocenters. The highest BCUT2D eigenvalue weighted by atomic mass is 14.9. The number of hydrogen-bond donors (Lipinski definition) is 2. The molecule has 0 spiro atoms. The molecule has 0 aliphatic carbocycles.